The van der Waals surface area contributed by atoms with Crippen molar-refractivity contribution < 1.29 is 18.0 Å². The van der Waals surface area contributed by atoms with Crippen LogP contribution in [0, 0.1) is 5.92 Å². The van der Waals surface area contributed by atoms with Crippen LogP contribution in [0.15, 0.2) is 29.2 Å². The highest BCUT2D eigenvalue weighted by atomic mass is 35.5. The van der Waals surface area contributed by atoms with Gasteiger partial charge >= 0.3 is 0 Å². The van der Waals surface area contributed by atoms with Crippen LogP contribution in [0.2, 0.25) is 0 Å². The van der Waals surface area contributed by atoms with Gasteiger partial charge in [-0.25, -0.2) is 8.42 Å². The average molecular weight is 435 g/mol. The Bertz CT molecular complexity index is 734. The van der Waals surface area contributed by atoms with Crippen LogP contribution in [0.3, 0.4) is 0 Å². The zero-order valence-corrected chi connectivity index (χ0v) is 18.4. The standard InChI is InChI=1S/C18H30N4O4S.ClH/c1-5-22(6-2)27(25,26)15-9-7-14(8-10-15)11-20-16(23)12-21-18(24)17(19)13(3)4;/h7-10,13,17H,5-6,11-12,19H2,1-4H3,(H,20,23)(H,21,24);1H/t17-;/m0./s1. The summed E-state index contributed by atoms with van der Waals surface area (Å²) in [5.74, 6) is -0.732. The van der Waals surface area contributed by atoms with Crippen molar-refractivity contribution in [2.24, 2.45) is 11.7 Å². The number of amides is 2. The number of sulfonamides is 1. The maximum Gasteiger partial charge on any atom is 0.243 e. The van der Waals surface area contributed by atoms with Crippen LogP contribution in [0.1, 0.15) is 33.3 Å². The van der Waals surface area contributed by atoms with Gasteiger partial charge in [-0.2, -0.15) is 4.31 Å². The number of nitrogens with two attached hydrogens (primary N) is 1. The third kappa shape index (κ3) is 7.38. The second kappa shape index (κ2) is 12.0. The first-order valence-corrected chi connectivity index (χ1v) is 10.5. The normalized spacial score (nSPS) is 12.4. The summed E-state index contributed by atoms with van der Waals surface area (Å²) < 4.78 is 26.2. The van der Waals surface area contributed by atoms with Crippen LogP contribution in [0.5, 0.6) is 0 Å². The van der Waals surface area contributed by atoms with Crippen LogP contribution in [-0.4, -0.2) is 50.2 Å². The smallest absolute Gasteiger partial charge is 0.243 e. The quantitative estimate of drug-likeness (QED) is 0.504. The summed E-state index contributed by atoms with van der Waals surface area (Å²) in [5, 5.41) is 5.16. The van der Waals surface area contributed by atoms with E-state index in [1.807, 2.05) is 13.8 Å². The largest absolute Gasteiger partial charge is 0.350 e. The van der Waals surface area contributed by atoms with Crippen molar-refractivity contribution in [2.45, 2.75) is 45.2 Å². The van der Waals surface area contributed by atoms with Gasteiger partial charge in [0.1, 0.15) is 0 Å². The van der Waals surface area contributed by atoms with E-state index in [1.54, 1.807) is 26.0 Å². The molecule has 0 heterocycles. The average Bonchev–Trinajstić information content (AvgIpc) is 2.64. The van der Waals surface area contributed by atoms with E-state index in [0.29, 0.717) is 13.1 Å². The van der Waals surface area contributed by atoms with Crippen molar-refractivity contribution >= 4 is 34.2 Å². The Balaban J connectivity index is 0.00000729. The van der Waals surface area contributed by atoms with Crippen LogP contribution in [0.4, 0.5) is 0 Å². The van der Waals surface area contributed by atoms with Crippen molar-refractivity contribution in [2.75, 3.05) is 19.6 Å². The molecule has 0 fully saturated rings. The highest BCUT2D eigenvalue weighted by Crippen LogP contribution is 2.16. The van der Waals surface area contributed by atoms with Crippen molar-refractivity contribution in [3.8, 4) is 0 Å². The fourth-order valence-electron chi connectivity index (χ4n) is 2.34. The number of nitrogens with one attached hydrogen (secondary N) is 2. The Labute approximate surface area is 173 Å². The minimum absolute atomic E-state index is 0. The summed E-state index contributed by atoms with van der Waals surface area (Å²) in [7, 11) is -3.50. The Morgan fingerprint density at radius 1 is 1.07 bits per heavy atom. The lowest BCUT2D eigenvalue weighted by molar-refractivity contribution is -0.127. The summed E-state index contributed by atoms with van der Waals surface area (Å²) in [6.45, 7) is 8.12. The Kier molecular flexibility index (Phi) is 11.3. The Hall–Kier alpha value is -1.68. The van der Waals surface area contributed by atoms with E-state index < -0.39 is 16.1 Å². The van der Waals surface area contributed by atoms with Gasteiger partial charge in [-0.05, 0) is 23.6 Å². The van der Waals surface area contributed by atoms with Gasteiger partial charge in [-0.3, -0.25) is 9.59 Å². The lowest BCUT2D eigenvalue weighted by atomic mass is 10.1. The van der Waals surface area contributed by atoms with E-state index in [2.05, 4.69) is 10.6 Å². The molecule has 1 rings (SSSR count). The molecule has 28 heavy (non-hydrogen) atoms. The summed E-state index contributed by atoms with van der Waals surface area (Å²) in [4.78, 5) is 23.8. The van der Waals surface area contributed by atoms with E-state index in [-0.39, 0.29) is 48.1 Å². The third-order valence-corrected chi connectivity index (χ3v) is 6.26. The van der Waals surface area contributed by atoms with Gasteiger partial charge in [-0.15, -0.1) is 12.4 Å². The minimum atomic E-state index is -3.50. The highest BCUT2D eigenvalue weighted by molar-refractivity contribution is 7.89. The SMILES string of the molecule is CCN(CC)S(=O)(=O)c1ccc(CNC(=O)CNC(=O)[C@@H](N)C(C)C)cc1.Cl. The molecule has 0 saturated carbocycles. The second-order valence-corrected chi connectivity index (χ2v) is 8.44. The Morgan fingerprint density at radius 2 is 1.61 bits per heavy atom. The van der Waals surface area contributed by atoms with Crippen LogP contribution in [-0.2, 0) is 26.2 Å². The molecule has 0 radical (unpaired) electrons. The maximum absolute atomic E-state index is 12.4. The second-order valence-electron chi connectivity index (χ2n) is 6.50. The lowest BCUT2D eigenvalue weighted by Gasteiger charge is -2.18. The summed E-state index contributed by atoms with van der Waals surface area (Å²) in [5.41, 5.74) is 6.46. The number of hydrogen-bond donors (Lipinski definition) is 3. The maximum atomic E-state index is 12.4. The van der Waals surface area contributed by atoms with Crippen molar-refractivity contribution in [1.29, 1.82) is 0 Å². The molecule has 0 aromatic heterocycles. The van der Waals surface area contributed by atoms with Crippen LogP contribution < -0.4 is 16.4 Å². The van der Waals surface area contributed by atoms with Gasteiger partial charge in [0.15, 0.2) is 0 Å². The van der Waals surface area contributed by atoms with Crippen molar-refractivity contribution in [3.63, 3.8) is 0 Å². The van der Waals surface area contributed by atoms with E-state index in [4.69, 9.17) is 5.73 Å². The zero-order valence-electron chi connectivity index (χ0n) is 16.8. The number of benzene rings is 1. The Morgan fingerprint density at radius 3 is 2.07 bits per heavy atom. The predicted octanol–water partition coefficient (Wildman–Crippen LogP) is 0.855. The number of carbonyl (C=O) groups excluding carboxylic acids is 2. The molecule has 4 N–H and O–H groups in total. The summed E-state index contributed by atoms with van der Waals surface area (Å²) >= 11 is 0. The number of carbonyl (C=O) groups is 2. The minimum Gasteiger partial charge on any atom is -0.350 e. The fraction of sp³-hybridized carbons (Fsp3) is 0.556. The molecule has 0 aliphatic carbocycles. The molecule has 0 spiro atoms. The lowest BCUT2D eigenvalue weighted by Crippen LogP contribution is -2.47. The van der Waals surface area contributed by atoms with Gasteiger partial charge in [0.25, 0.3) is 0 Å². The summed E-state index contributed by atoms with van der Waals surface area (Å²) in [6, 6.07) is 5.71. The molecule has 0 bridgehead atoms. The van der Waals surface area contributed by atoms with Gasteiger partial charge in [-0.1, -0.05) is 39.8 Å². The monoisotopic (exact) mass is 434 g/mol. The van der Waals surface area contributed by atoms with Gasteiger partial charge in [0.2, 0.25) is 21.8 Å². The van der Waals surface area contributed by atoms with Gasteiger partial charge < -0.3 is 16.4 Å². The molecule has 160 valence electrons. The molecular weight excluding hydrogens is 404 g/mol. The molecule has 10 heteroatoms. The molecule has 0 aliphatic heterocycles. The molecule has 8 nitrogen and oxygen atoms in total. The third-order valence-electron chi connectivity index (χ3n) is 4.20. The number of rotatable bonds is 10. The van der Waals surface area contributed by atoms with Gasteiger partial charge in [0, 0.05) is 19.6 Å². The van der Waals surface area contributed by atoms with E-state index >= 15 is 0 Å². The molecule has 1 aromatic carbocycles. The van der Waals surface area contributed by atoms with Crippen molar-refractivity contribution in [1.82, 2.24) is 14.9 Å². The van der Waals surface area contributed by atoms with E-state index in [0.717, 1.165) is 5.56 Å². The van der Waals surface area contributed by atoms with Crippen LogP contribution in [0.25, 0.3) is 0 Å². The first-order chi connectivity index (χ1) is 12.6. The molecule has 2 amide bonds. The molecule has 1 aromatic rings. The first-order valence-electron chi connectivity index (χ1n) is 9.02. The number of halogens is 1. The molecular formula is C18H31ClN4O4S. The fourth-order valence-corrected chi connectivity index (χ4v) is 3.80. The molecule has 1 atom stereocenters. The number of hydrogen-bond acceptors (Lipinski definition) is 5. The topological polar surface area (TPSA) is 122 Å². The number of nitrogens with zero attached hydrogens (tertiary/aromatic N) is 1. The van der Waals surface area contributed by atoms with Crippen molar-refractivity contribution in [3.05, 3.63) is 29.8 Å². The predicted molar refractivity (Wildman–Crippen MR) is 111 cm³/mol. The zero-order chi connectivity index (χ0) is 20.6. The molecule has 0 unspecified atom stereocenters. The highest BCUT2D eigenvalue weighted by Gasteiger charge is 2.21. The van der Waals surface area contributed by atoms with Gasteiger partial charge in [0.05, 0.1) is 17.5 Å². The first kappa shape index (κ1) is 26.3. The van der Waals surface area contributed by atoms with Crippen LogP contribution >= 0.6 is 12.4 Å². The van der Waals surface area contributed by atoms with E-state index in [1.165, 1.54) is 16.4 Å². The summed E-state index contributed by atoms with van der Waals surface area (Å²) in [6.07, 6.45) is 0. The van der Waals surface area contributed by atoms with E-state index in [9.17, 15) is 18.0 Å². The molecule has 0 saturated heterocycles. The molecule has 0 aliphatic rings.